The Morgan fingerprint density at radius 3 is 2.47 bits per heavy atom. The highest BCUT2D eigenvalue weighted by Crippen LogP contribution is 2.37. The Morgan fingerprint density at radius 1 is 1.29 bits per heavy atom. The molecule has 0 aliphatic rings. The molecular formula is C11H9BrF3NO. The number of oxazole rings is 1. The fourth-order valence-corrected chi connectivity index (χ4v) is 1.92. The first-order valence-corrected chi connectivity index (χ1v) is 5.75. The molecule has 0 unspecified atom stereocenters. The smallest absolute Gasteiger partial charge is 0.420 e. The number of hydrogen-bond donors (Lipinski definition) is 0. The minimum absolute atomic E-state index is 0.0535. The van der Waals surface area contributed by atoms with Gasteiger partial charge in [-0.15, -0.1) is 0 Å². The number of benzene rings is 1. The summed E-state index contributed by atoms with van der Waals surface area (Å²) in [6.07, 6.45) is -4.45. The highest BCUT2D eigenvalue weighted by atomic mass is 79.9. The second-order valence-electron chi connectivity index (χ2n) is 4.01. The molecular weight excluding hydrogens is 299 g/mol. The van der Waals surface area contributed by atoms with Crippen molar-refractivity contribution in [1.29, 1.82) is 0 Å². The molecule has 0 aliphatic carbocycles. The Bertz CT molecular complexity index is 560. The molecule has 0 aliphatic heterocycles. The zero-order valence-electron chi connectivity index (χ0n) is 9.10. The summed E-state index contributed by atoms with van der Waals surface area (Å²) in [6.45, 7) is 3.63. The van der Waals surface area contributed by atoms with Gasteiger partial charge in [0, 0.05) is 10.4 Å². The maximum absolute atomic E-state index is 12.8. The number of hydrogen-bond acceptors (Lipinski definition) is 2. The van der Waals surface area contributed by atoms with Gasteiger partial charge in [-0.05, 0) is 12.1 Å². The van der Waals surface area contributed by atoms with Crippen LogP contribution in [0.15, 0.2) is 21.0 Å². The third-order valence-electron chi connectivity index (χ3n) is 2.27. The van der Waals surface area contributed by atoms with E-state index < -0.39 is 11.7 Å². The first kappa shape index (κ1) is 12.4. The molecule has 0 fully saturated rings. The molecule has 0 bridgehead atoms. The number of fused-ring (bicyclic) bond motifs is 1. The molecule has 1 aromatic carbocycles. The normalized spacial score (nSPS) is 12.6. The number of alkyl halides is 3. The van der Waals surface area contributed by atoms with Crippen molar-refractivity contribution < 1.29 is 17.6 Å². The Kier molecular flexibility index (Phi) is 2.93. The topological polar surface area (TPSA) is 26.0 Å². The van der Waals surface area contributed by atoms with E-state index in [4.69, 9.17) is 4.42 Å². The Morgan fingerprint density at radius 2 is 1.94 bits per heavy atom. The number of nitrogens with zero attached hydrogens (tertiary/aromatic N) is 1. The maximum atomic E-state index is 12.8. The van der Waals surface area contributed by atoms with E-state index in [2.05, 4.69) is 20.9 Å². The number of halogens is 4. The molecule has 92 valence electrons. The van der Waals surface area contributed by atoms with Crippen LogP contribution in [0.2, 0.25) is 0 Å². The highest BCUT2D eigenvalue weighted by molar-refractivity contribution is 9.10. The molecule has 0 N–H and O–H groups in total. The van der Waals surface area contributed by atoms with E-state index in [0.29, 0.717) is 10.4 Å². The third kappa shape index (κ3) is 2.31. The molecule has 0 saturated heterocycles. The van der Waals surface area contributed by atoms with Crippen molar-refractivity contribution in [2.45, 2.75) is 25.9 Å². The maximum Gasteiger partial charge on any atom is 0.420 e. The molecule has 0 radical (unpaired) electrons. The lowest BCUT2D eigenvalue weighted by molar-refractivity contribution is -0.136. The molecule has 1 aromatic heterocycles. The second-order valence-corrected chi connectivity index (χ2v) is 4.92. The minimum atomic E-state index is -4.45. The average molecular weight is 308 g/mol. The molecule has 6 heteroatoms. The van der Waals surface area contributed by atoms with Gasteiger partial charge in [0.2, 0.25) is 0 Å². The van der Waals surface area contributed by atoms with Gasteiger partial charge >= 0.3 is 6.18 Å². The van der Waals surface area contributed by atoms with E-state index in [-0.39, 0.29) is 17.0 Å². The van der Waals surface area contributed by atoms with E-state index in [1.165, 1.54) is 6.07 Å². The van der Waals surface area contributed by atoms with Crippen LogP contribution in [0.1, 0.15) is 31.2 Å². The third-order valence-corrected chi connectivity index (χ3v) is 2.73. The SMILES string of the molecule is CC(C)c1nc2cc(Br)cc(C(F)(F)F)c2o1. The second kappa shape index (κ2) is 4.01. The summed E-state index contributed by atoms with van der Waals surface area (Å²) in [7, 11) is 0. The lowest BCUT2D eigenvalue weighted by Crippen LogP contribution is -2.05. The van der Waals surface area contributed by atoms with Crippen LogP contribution in [0.3, 0.4) is 0 Å². The number of aromatic nitrogens is 1. The van der Waals surface area contributed by atoms with E-state index in [0.717, 1.165) is 6.07 Å². The summed E-state index contributed by atoms with van der Waals surface area (Å²) in [4.78, 5) is 4.05. The molecule has 0 spiro atoms. The molecule has 0 atom stereocenters. The first-order valence-electron chi connectivity index (χ1n) is 4.96. The Balaban J connectivity index is 2.75. The lowest BCUT2D eigenvalue weighted by Gasteiger charge is -2.06. The van der Waals surface area contributed by atoms with Crippen LogP contribution in [-0.2, 0) is 6.18 Å². The van der Waals surface area contributed by atoms with Crippen molar-refractivity contribution in [2.75, 3.05) is 0 Å². The fraction of sp³-hybridized carbons (Fsp3) is 0.364. The van der Waals surface area contributed by atoms with Crippen molar-refractivity contribution in [3.05, 3.63) is 28.1 Å². The lowest BCUT2D eigenvalue weighted by atomic mass is 10.2. The molecule has 2 aromatic rings. The first-order chi connectivity index (χ1) is 7.79. The van der Waals surface area contributed by atoms with Gasteiger partial charge < -0.3 is 4.42 Å². The Labute approximate surface area is 104 Å². The largest absolute Gasteiger partial charge is 0.440 e. The minimum Gasteiger partial charge on any atom is -0.440 e. The summed E-state index contributed by atoms with van der Waals surface area (Å²) in [6, 6.07) is 2.51. The molecule has 1 heterocycles. The summed E-state index contributed by atoms with van der Waals surface area (Å²) in [5.74, 6) is 0.255. The molecule has 0 amide bonds. The summed E-state index contributed by atoms with van der Waals surface area (Å²) in [5.41, 5.74) is -0.791. The molecule has 2 nitrogen and oxygen atoms in total. The number of rotatable bonds is 1. The predicted molar refractivity (Wildman–Crippen MR) is 60.8 cm³/mol. The van der Waals surface area contributed by atoms with Gasteiger partial charge in [0.05, 0.1) is 0 Å². The quantitative estimate of drug-likeness (QED) is 0.761. The zero-order chi connectivity index (χ0) is 12.8. The van der Waals surface area contributed by atoms with Crippen LogP contribution in [0.5, 0.6) is 0 Å². The zero-order valence-corrected chi connectivity index (χ0v) is 10.7. The highest BCUT2D eigenvalue weighted by Gasteiger charge is 2.35. The molecule has 0 saturated carbocycles. The van der Waals surface area contributed by atoms with Crippen LogP contribution < -0.4 is 0 Å². The van der Waals surface area contributed by atoms with Crippen LogP contribution >= 0.6 is 15.9 Å². The van der Waals surface area contributed by atoms with Crippen molar-refractivity contribution in [1.82, 2.24) is 4.98 Å². The van der Waals surface area contributed by atoms with Crippen molar-refractivity contribution in [3.63, 3.8) is 0 Å². The van der Waals surface area contributed by atoms with Gasteiger partial charge in [-0.25, -0.2) is 4.98 Å². The summed E-state index contributed by atoms with van der Waals surface area (Å²) >= 11 is 3.04. The summed E-state index contributed by atoms with van der Waals surface area (Å²) < 4.78 is 43.9. The van der Waals surface area contributed by atoms with Gasteiger partial charge in [-0.3, -0.25) is 0 Å². The standard InChI is InChI=1S/C11H9BrF3NO/c1-5(2)10-16-8-4-6(12)3-7(9(8)17-10)11(13,14)15/h3-5H,1-2H3. The van der Waals surface area contributed by atoms with E-state index in [1.807, 2.05) is 13.8 Å². The monoisotopic (exact) mass is 307 g/mol. The van der Waals surface area contributed by atoms with Crippen LogP contribution in [-0.4, -0.2) is 4.98 Å². The summed E-state index contributed by atoms with van der Waals surface area (Å²) in [5, 5.41) is 0. The fourth-order valence-electron chi connectivity index (χ4n) is 1.47. The van der Waals surface area contributed by atoms with Gasteiger partial charge in [-0.2, -0.15) is 13.2 Å². The van der Waals surface area contributed by atoms with Gasteiger partial charge in [0.1, 0.15) is 11.1 Å². The van der Waals surface area contributed by atoms with E-state index >= 15 is 0 Å². The van der Waals surface area contributed by atoms with Crippen molar-refractivity contribution in [2.24, 2.45) is 0 Å². The van der Waals surface area contributed by atoms with Crippen LogP contribution in [0.4, 0.5) is 13.2 Å². The average Bonchev–Trinajstić information content (AvgIpc) is 2.58. The van der Waals surface area contributed by atoms with Crippen LogP contribution in [0.25, 0.3) is 11.1 Å². The van der Waals surface area contributed by atoms with Crippen molar-refractivity contribution in [3.8, 4) is 0 Å². The van der Waals surface area contributed by atoms with Gasteiger partial charge in [0.25, 0.3) is 0 Å². The van der Waals surface area contributed by atoms with E-state index in [9.17, 15) is 13.2 Å². The van der Waals surface area contributed by atoms with Crippen LogP contribution in [0, 0.1) is 0 Å². The van der Waals surface area contributed by atoms with Gasteiger partial charge in [0.15, 0.2) is 11.5 Å². The molecule has 17 heavy (non-hydrogen) atoms. The molecule has 2 rings (SSSR count). The van der Waals surface area contributed by atoms with E-state index in [1.54, 1.807) is 0 Å². The Hall–Kier alpha value is -1.04. The predicted octanol–water partition coefficient (Wildman–Crippen LogP) is 4.73. The van der Waals surface area contributed by atoms with Crippen molar-refractivity contribution >= 4 is 27.0 Å². The van der Waals surface area contributed by atoms with Gasteiger partial charge in [-0.1, -0.05) is 29.8 Å².